The van der Waals surface area contributed by atoms with Crippen molar-refractivity contribution < 1.29 is 0 Å². The molecule has 0 saturated heterocycles. The number of benzene rings is 1. The quantitative estimate of drug-likeness (QED) is 0.637. The smallest absolute Gasteiger partial charge is 0.0136 e. The Labute approximate surface area is 119 Å². The van der Waals surface area contributed by atoms with Crippen molar-refractivity contribution in [2.75, 3.05) is 6.54 Å². The van der Waals surface area contributed by atoms with Gasteiger partial charge in [0.05, 0.1) is 0 Å². The molecule has 1 nitrogen and oxygen atoms in total. The highest BCUT2D eigenvalue weighted by Crippen LogP contribution is 2.20. The van der Waals surface area contributed by atoms with Crippen molar-refractivity contribution in [3.8, 4) is 0 Å². The lowest BCUT2D eigenvalue weighted by molar-refractivity contribution is 0.315. The molecule has 0 fully saturated rings. The van der Waals surface area contributed by atoms with Crippen LogP contribution >= 0.6 is 0 Å². The second-order valence-corrected chi connectivity index (χ2v) is 5.56. The minimum absolute atomic E-state index is 0.638. The summed E-state index contributed by atoms with van der Waals surface area (Å²) < 4.78 is 0. The maximum Gasteiger partial charge on any atom is 0.0136 e. The molecule has 1 aromatic carbocycles. The van der Waals surface area contributed by atoms with Gasteiger partial charge in [0.1, 0.15) is 0 Å². The molecule has 1 heteroatoms. The summed E-state index contributed by atoms with van der Waals surface area (Å²) >= 11 is 0. The molecule has 0 aliphatic heterocycles. The second kappa shape index (κ2) is 10.0. The van der Waals surface area contributed by atoms with E-state index in [-0.39, 0.29) is 0 Å². The molecule has 0 heterocycles. The highest BCUT2D eigenvalue weighted by Gasteiger charge is 2.19. The lowest BCUT2D eigenvalue weighted by Crippen LogP contribution is -2.38. The molecular formula is C18H31N. The van der Waals surface area contributed by atoms with Crippen LogP contribution in [0.2, 0.25) is 0 Å². The topological polar surface area (TPSA) is 12.0 Å². The van der Waals surface area contributed by atoms with Gasteiger partial charge in [-0.05, 0) is 37.3 Å². The lowest BCUT2D eigenvalue weighted by atomic mass is 9.87. The van der Waals surface area contributed by atoms with Gasteiger partial charge < -0.3 is 5.32 Å². The Morgan fingerprint density at radius 3 is 2.32 bits per heavy atom. The Bertz CT molecular complexity index is 307. The zero-order chi connectivity index (χ0) is 13.9. The van der Waals surface area contributed by atoms with Crippen LogP contribution in [0.1, 0.15) is 58.4 Å². The molecule has 0 aromatic heterocycles. The van der Waals surface area contributed by atoms with Crippen molar-refractivity contribution in [1.82, 2.24) is 5.32 Å². The average molecular weight is 261 g/mol. The highest BCUT2D eigenvalue weighted by molar-refractivity contribution is 5.16. The summed E-state index contributed by atoms with van der Waals surface area (Å²) in [6.07, 6.45) is 7.70. The molecule has 0 aliphatic carbocycles. The molecule has 2 unspecified atom stereocenters. The largest absolute Gasteiger partial charge is 0.313 e. The Kier molecular flexibility index (Phi) is 8.57. The third kappa shape index (κ3) is 6.24. The van der Waals surface area contributed by atoms with Gasteiger partial charge in [-0.3, -0.25) is 0 Å². The molecule has 0 bridgehead atoms. The van der Waals surface area contributed by atoms with Crippen molar-refractivity contribution in [1.29, 1.82) is 0 Å². The van der Waals surface area contributed by atoms with Crippen molar-refractivity contribution in [3.63, 3.8) is 0 Å². The normalized spacial score (nSPS) is 14.3. The van der Waals surface area contributed by atoms with E-state index in [1.165, 1.54) is 44.1 Å². The molecule has 0 radical (unpaired) electrons. The molecule has 1 N–H and O–H groups in total. The minimum Gasteiger partial charge on any atom is -0.313 e. The third-order valence-electron chi connectivity index (χ3n) is 3.98. The Morgan fingerprint density at radius 2 is 1.74 bits per heavy atom. The van der Waals surface area contributed by atoms with E-state index in [4.69, 9.17) is 0 Å². The Hall–Kier alpha value is -0.820. The van der Waals surface area contributed by atoms with Crippen LogP contribution in [0.4, 0.5) is 0 Å². The first-order valence-electron chi connectivity index (χ1n) is 8.09. The van der Waals surface area contributed by atoms with E-state index in [0.717, 1.165) is 12.5 Å². The number of hydrogen-bond donors (Lipinski definition) is 1. The van der Waals surface area contributed by atoms with Crippen LogP contribution < -0.4 is 5.32 Å². The zero-order valence-corrected chi connectivity index (χ0v) is 13.0. The van der Waals surface area contributed by atoms with Crippen LogP contribution in [0.3, 0.4) is 0 Å². The molecule has 19 heavy (non-hydrogen) atoms. The van der Waals surface area contributed by atoms with E-state index in [0.29, 0.717) is 6.04 Å². The van der Waals surface area contributed by atoms with Gasteiger partial charge in [-0.2, -0.15) is 0 Å². The zero-order valence-electron chi connectivity index (χ0n) is 13.0. The predicted octanol–water partition coefficient (Wildman–Crippen LogP) is 4.81. The van der Waals surface area contributed by atoms with Crippen LogP contribution in [0.25, 0.3) is 0 Å². The van der Waals surface area contributed by atoms with Crippen LogP contribution in [-0.4, -0.2) is 12.6 Å². The summed E-state index contributed by atoms with van der Waals surface area (Å²) in [6, 6.07) is 11.6. The average Bonchev–Trinajstić information content (AvgIpc) is 2.46. The molecule has 108 valence electrons. The van der Waals surface area contributed by atoms with E-state index in [1.54, 1.807) is 0 Å². The molecule has 1 aromatic rings. The summed E-state index contributed by atoms with van der Waals surface area (Å²) in [5.41, 5.74) is 1.46. The fourth-order valence-electron chi connectivity index (χ4n) is 2.76. The van der Waals surface area contributed by atoms with E-state index < -0.39 is 0 Å². The highest BCUT2D eigenvalue weighted by atomic mass is 14.9. The third-order valence-corrected chi connectivity index (χ3v) is 3.98. The molecular weight excluding hydrogens is 230 g/mol. The number of rotatable bonds is 10. The molecule has 0 saturated carbocycles. The van der Waals surface area contributed by atoms with Gasteiger partial charge in [0.15, 0.2) is 0 Å². The first kappa shape index (κ1) is 16.2. The first-order chi connectivity index (χ1) is 9.31. The maximum atomic E-state index is 3.78. The summed E-state index contributed by atoms with van der Waals surface area (Å²) in [5.74, 6) is 0.812. The fraction of sp³-hybridized carbons (Fsp3) is 0.667. The molecule has 0 amide bonds. The van der Waals surface area contributed by atoms with Crippen molar-refractivity contribution in [2.45, 2.75) is 65.3 Å². The van der Waals surface area contributed by atoms with Crippen LogP contribution in [0.5, 0.6) is 0 Å². The number of nitrogens with one attached hydrogen (secondary N) is 1. The van der Waals surface area contributed by atoms with E-state index in [1.807, 2.05) is 0 Å². The minimum atomic E-state index is 0.638. The van der Waals surface area contributed by atoms with E-state index >= 15 is 0 Å². The van der Waals surface area contributed by atoms with Gasteiger partial charge in [0.25, 0.3) is 0 Å². The summed E-state index contributed by atoms with van der Waals surface area (Å²) in [7, 11) is 0. The van der Waals surface area contributed by atoms with Crippen LogP contribution in [-0.2, 0) is 6.42 Å². The Balaban J connectivity index is 2.63. The van der Waals surface area contributed by atoms with Crippen molar-refractivity contribution in [2.24, 2.45) is 5.92 Å². The summed E-state index contributed by atoms with van der Waals surface area (Å²) in [6.45, 7) is 8.02. The molecule has 0 spiro atoms. The number of hydrogen-bond acceptors (Lipinski definition) is 1. The molecule has 2 atom stereocenters. The monoisotopic (exact) mass is 261 g/mol. The predicted molar refractivity (Wildman–Crippen MR) is 85.5 cm³/mol. The van der Waals surface area contributed by atoms with Crippen LogP contribution in [0, 0.1) is 5.92 Å². The van der Waals surface area contributed by atoms with E-state index in [9.17, 15) is 0 Å². The fourth-order valence-corrected chi connectivity index (χ4v) is 2.76. The van der Waals surface area contributed by atoms with Gasteiger partial charge in [-0.1, -0.05) is 70.4 Å². The Morgan fingerprint density at radius 1 is 1.00 bits per heavy atom. The van der Waals surface area contributed by atoms with Crippen LogP contribution in [0.15, 0.2) is 30.3 Å². The first-order valence-corrected chi connectivity index (χ1v) is 8.09. The summed E-state index contributed by atoms with van der Waals surface area (Å²) in [5, 5.41) is 3.78. The molecule has 1 rings (SSSR count). The van der Waals surface area contributed by atoms with Gasteiger partial charge in [0, 0.05) is 6.04 Å². The second-order valence-electron chi connectivity index (χ2n) is 5.56. The van der Waals surface area contributed by atoms with Crippen molar-refractivity contribution in [3.05, 3.63) is 35.9 Å². The van der Waals surface area contributed by atoms with E-state index in [2.05, 4.69) is 56.4 Å². The number of unbranched alkanes of at least 4 members (excludes halogenated alkanes) is 1. The lowest BCUT2D eigenvalue weighted by Gasteiger charge is -2.27. The standard InChI is InChI=1S/C18H31N/c1-4-7-13-17(6-3)18(19-14-5-2)15-16-11-9-8-10-12-16/h8-12,17-19H,4-7,13-15H2,1-3H3. The summed E-state index contributed by atoms with van der Waals surface area (Å²) in [4.78, 5) is 0. The van der Waals surface area contributed by atoms with Gasteiger partial charge in [-0.15, -0.1) is 0 Å². The van der Waals surface area contributed by atoms with Crippen molar-refractivity contribution >= 4 is 0 Å². The SMILES string of the molecule is CCCCC(CC)C(Cc1ccccc1)NCCC. The van der Waals surface area contributed by atoms with Gasteiger partial charge in [-0.25, -0.2) is 0 Å². The molecule has 0 aliphatic rings. The van der Waals surface area contributed by atoms with Gasteiger partial charge >= 0.3 is 0 Å². The maximum absolute atomic E-state index is 3.78. The van der Waals surface area contributed by atoms with Gasteiger partial charge in [0.2, 0.25) is 0 Å².